The van der Waals surface area contributed by atoms with E-state index >= 15 is 8.78 Å². The first-order valence-corrected chi connectivity index (χ1v) is 17.4. The lowest BCUT2D eigenvalue weighted by molar-refractivity contribution is -0.142. The molecule has 10 nitrogen and oxygen atoms in total. The average Bonchev–Trinajstić information content (AvgIpc) is 3.14. The number of carbonyl (C=O) groups excluding carboxylic acids is 2. The number of sulfonamides is 1. The van der Waals surface area contributed by atoms with Gasteiger partial charge in [-0.3, -0.25) is 14.5 Å². The number of anilines is 1. The number of rotatable bonds is 10. The number of hydrogen-bond donors (Lipinski definition) is 2. The fourth-order valence-electron chi connectivity index (χ4n) is 5.69. The average molecular weight is 756 g/mol. The van der Waals surface area contributed by atoms with Gasteiger partial charge in [0.25, 0.3) is 15.9 Å². The minimum atomic E-state index is -4.36. The number of aromatic nitrogens is 2. The van der Waals surface area contributed by atoms with Crippen molar-refractivity contribution in [2.45, 2.75) is 17.4 Å². The minimum absolute atomic E-state index is 0.169. The van der Waals surface area contributed by atoms with Crippen LogP contribution in [0.4, 0.5) is 18.9 Å². The van der Waals surface area contributed by atoms with E-state index in [9.17, 15) is 27.7 Å². The predicted octanol–water partition coefficient (Wildman–Crippen LogP) is 7.22. The van der Waals surface area contributed by atoms with Crippen molar-refractivity contribution in [2.24, 2.45) is 0 Å². The summed E-state index contributed by atoms with van der Waals surface area (Å²) in [6.07, 6.45) is 2.65. The molecule has 2 heterocycles. The predicted molar refractivity (Wildman–Crippen MR) is 191 cm³/mol. The standard InChI is InChI=1S/C38H25ClF3N5O5S/c1-52-38(49)33(16-24-7-11-29(36-27(24)3-2-13-45-36)28-10-4-21(20-43)15-30(28)39)46-37(48)35-31(40)18-25(19-32(35)41)47-53(50,51)26-8-5-22(6-9-26)23-12-14-44-34(42)17-23/h2-15,17-19,33,47H,16H2,1H3,(H,46,48)/t33-/m0/s1. The van der Waals surface area contributed by atoms with Gasteiger partial charge in [-0.25, -0.2) is 27.0 Å². The van der Waals surface area contributed by atoms with Crippen molar-refractivity contribution in [2.75, 3.05) is 11.8 Å². The normalized spacial score (nSPS) is 11.8. The molecule has 6 aromatic rings. The zero-order valence-corrected chi connectivity index (χ0v) is 29.0. The lowest BCUT2D eigenvalue weighted by atomic mass is 9.94. The van der Waals surface area contributed by atoms with Crippen LogP contribution in [0.5, 0.6) is 0 Å². The molecule has 1 amide bonds. The van der Waals surface area contributed by atoms with Gasteiger partial charge >= 0.3 is 5.97 Å². The molecule has 6 rings (SSSR count). The molecule has 0 unspecified atom stereocenters. The third kappa shape index (κ3) is 7.81. The van der Waals surface area contributed by atoms with Crippen LogP contribution in [0.1, 0.15) is 21.5 Å². The summed E-state index contributed by atoms with van der Waals surface area (Å²) in [6.45, 7) is 0. The van der Waals surface area contributed by atoms with E-state index < -0.39 is 56.8 Å². The fourth-order valence-corrected chi connectivity index (χ4v) is 7.01. The van der Waals surface area contributed by atoms with Gasteiger partial charge in [0.15, 0.2) is 0 Å². The number of benzene rings is 4. The van der Waals surface area contributed by atoms with Gasteiger partial charge in [0.2, 0.25) is 5.95 Å². The quantitative estimate of drug-likeness (QED) is 0.110. The molecule has 1 atom stereocenters. The zero-order chi connectivity index (χ0) is 37.9. The Morgan fingerprint density at radius 2 is 1.60 bits per heavy atom. The highest BCUT2D eigenvalue weighted by Crippen LogP contribution is 2.35. The SMILES string of the molecule is COC(=O)[C@H](Cc1ccc(-c2ccc(C#N)cc2Cl)c2ncccc12)NC(=O)c1c(F)cc(NS(=O)(=O)c2ccc(-c3ccnc(F)c3)cc2)cc1F. The highest BCUT2D eigenvalue weighted by molar-refractivity contribution is 7.92. The molecule has 0 fully saturated rings. The molecule has 0 bridgehead atoms. The molecule has 53 heavy (non-hydrogen) atoms. The van der Waals surface area contributed by atoms with Gasteiger partial charge in [-0.15, -0.1) is 0 Å². The molecule has 0 aliphatic heterocycles. The number of nitrogens with zero attached hydrogens (tertiary/aromatic N) is 3. The van der Waals surface area contributed by atoms with Gasteiger partial charge in [0.1, 0.15) is 23.2 Å². The maximum absolute atomic E-state index is 15.3. The second kappa shape index (κ2) is 15.1. The molecule has 2 N–H and O–H groups in total. The summed E-state index contributed by atoms with van der Waals surface area (Å²) in [6, 6.07) is 21.5. The maximum Gasteiger partial charge on any atom is 0.328 e. The molecule has 2 aromatic heterocycles. The second-order valence-electron chi connectivity index (χ2n) is 11.5. The molecule has 0 spiro atoms. The highest BCUT2D eigenvalue weighted by Gasteiger charge is 2.28. The number of hydrogen-bond acceptors (Lipinski definition) is 8. The summed E-state index contributed by atoms with van der Waals surface area (Å²) in [4.78, 5) is 33.8. The Morgan fingerprint density at radius 3 is 2.26 bits per heavy atom. The van der Waals surface area contributed by atoms with Crippen LogP contribution in [0.3, 0.4) is 0 Å². The molecule has 4 aromatic carbocycles. The Labute approximate surface area is 305 Å². The topological polar surface area (TPSA) is 151 Å². The van der Waals surface area contributed by atoms with Crippen LogP contribution in [0.25, 0.3) is 33.2 Å². The number of esters is 1. The van der Waals surface area contributed by atoms with Gasteiger partial charge in [-0.2, -0.15) is 9.65 Å². The number of nitriles is 1. The van der Waals surface area contributed by atoms with Crippen molar-refractivity contribution in [3.8, 4) is 28.3 Å². The Kier molecular flexibility index (Phi) is 10.4. The number of amides is 1. The lowest BCUT2D eigenvalue weighted by Gasteiger charge is -2.19. The van der Waals surface area contributed by atoms with E-state index in [1.165, 1.54) is 48.7 Å². The minimum Gasteiger partial charge on any atom is -0.467 e. The van der Waals surface area contributed by atoms with E-state index in [2.05, 4.69) is 20.0 Å². The molecule has 0 saturated heterocycles. The number of halogens is 4. The van der Waals surface area contributed by atoms with Crippen molar-refractivity contribution in [3.05, 3.63) is 143 Å². The van der Waals surface area contributed by atoms with Crippen molar-refractivity contribution in [3.63, 3.8) is 0 Å². The fraction of sp³-hybridized carbons (Fsp3) is 0.0789. The molecule has 0 aliphatic rings. The van der Waals surface area contributed by atoms with Crippen LogP contribution < -0.4 is 10.0 Å². The van der Waals surface area contributed by atoms with Crippen LogP contribution in [-0.2, 0) is 26.0 Å². The van der Waals surface area contributed by atoms with Gasteiger partial charge in [0, 0.05) is 46.4 Å². The third-order valence-electron chi connectivity index (χ3n) is 8.21. The summed E-state index contributed by atoms with van der Waals surface area (Å²) < 4.78 is 77.2. The van der Waals surface area contributed by atoms with Crippen molar-refractivity contribution in [1.29, 1.82) is 5.26 Å². The van der Waals surface area contributed by atoms with E-state index in [-0.39, 0.29) is 11.3 Å². The second-order valence-corrected chi connectivity index (χ2v) is 13.6. The number of fused-ring (bicyclic) bond motifs is 1. The van der Waals surface area contributed by atoms with E-state index in [1.54, 1.807) is 42.6 Å². The monoisotopic (exact) mass is 755 g/mol. The third-order valence-corrected chi connectivity index (χ3v) is 9.92. The summed E-state index contributed by atoms with van der Waals surface area (Å²) in [5, 5.41) is 12.5. The van der Waals surface area contributed by atoms with Crippen LogP contribution in [0.2, 0.25) is 5.02 Å². The molecular weight excluding hydrogens is 731 g/mol. The van der Waals surface area contributed by atoms with Crippen molar-refractivity contribution >= 4 is 50.1 Å². The van der Waals surface area contributed by atoms with Crippen LogP contribution in [-0.4, -0.2) is 43.4 Å². The summed E-state index contributed by atoms with van der Waals surface area (Å²) >= 11 is 6.47. The smallest absolute Gasteiger partial charge is 0.328 e. The Balaban J connectivity index is 1.22. The van der Waals surface area contributed by atoms with Crippen LogP contribution in [0, 0.1) is 28.9 Å². The number of ether oxygens (including phenoxy) is 1. The summed E-state index contributed by atoms with van der Waals surface area (Å²) in [7, 11) is -3.27. The first kappa shape index (κ1) is 36.5. The molecule has 0 saturated carbocycles. The summed E-state index contributed by atoms with van der Waals surface area (Å²) in [5.74, 6) is -5.72. The maximum atomic E-state index is 15.3. The van der Waals surface area contributed by atoms with Gasteiger partial charge < -0.3 is 10.1 Å². The van der Waals surface area contributed by atoms with Crippen molar-refractivity contribution < 1.29 is 35.9 Å². The molecule has 0 aliphatic carbocycles. The molecule has 0 radical (unpaired) electrons. The molecule has 15 heteroatoms. The van der Waals surface area contributed by atoms with Gasteiger partial charge in [-0.1, -0.05) is 48.0 Å². The van der Waals surface area contributed by atoms with E-state index in [4.69, 9.17) is 16.3 Å². The molecule has 266 valence electrons. The van der Waals surface area contributed by atoms with Crippen LogP contribution >= 0.6 is 11.6 Å². The Hall–Kier alpha value is -6.30. The summed E-state index contributed by atoms with van der Waals surface area (Å²) in [5.41, 5.74) is 2.02. The number of nitrogens with one attached hydrogen (secondary N) is 2. The molecular formula is C38H25ClF3N5O5S. The number of methoxy groups -OCH3 is 1. The Bertz CT molecular complexity index is 2540. The first-order valence-electron chi connectivity index (χ1n) is 15.6. The van der Waals surface area contributed by atoms with Crippen LogP contribution in [0.15, 0.2) is 108 Å². The first-order chi connectivity index (χ1) is 25.4. The van der Waals surface area contributed by atoms with Gasteiger partial charge in [-0.05, 0) is 65.2 Å². The largest absolute Gasteiger partial charge is 0.467 e. The van der Waals surface area contributed by atoms with E-state index in [0.717, 1.165) is 7.11 Å². The highest BCUT2D eigenvalue weighted by atomic mass is 35.5. The Morgan fingerprint density at radius 1 is 0.887 bits per heavy atom. The van der Waals surface area contributed by atoms with Crippen molar-refractivity contribution in [1.82, 2.24) is 15.3 Å². The number of carbonyl (C=O) groups is 2. The zero-order valence-electron chi connectivity index (χ0n) is 27.4. The number of pyridine rings is 2. The van der Waals surface area contributed by atoms with E-state index in [0.29, 0.717) is 61.4 Å². The lowest BCUT2D eigenvalue weighted by Crippen LogP contribution is -2.43. The van der Waals surface area contributed by atoms with Gasteiger partial charge in [0.05, 0.1) is 34.8 Å². The van der Waals surface area contributed by atoms with E-state index in [1.807, 2.05) is 6.07 Å².